The number of pyridine rings is 1. The molecule has 1 saturated heterocycles. The molecule has 0 bridgehead atoms. The highest BCUT2D eigenvalue weighted by Crippen LogP contribution is 2.34. The van der Waals surface area contributed by atoms with Crippen LogP contribution >= 0.6 is 12.2 Å². The molecule has 0 spiro atoms. The molecule has 27 heavy (non-hydrogen) atoms. The van der Waals surface area contributed by atoms with Gasteiger partial charge in [0.25, 0.3) is 0 Å². The van der Waals surface area contributed by atoms with Crippen LogP contribution in [0, 0.1) is 0 Å². The van der Waals surface area contributed by atoms with E-state index in [-0.39, 0.29) is 5.69 Å². The lowest BCUT2D eigenvalue weighted by Crippen LogP contribution is -2.38. The van der Waals surface area contributed by atoms with Crippen LogP contribution in [-0.2, 0) is 12.7 Å². The van der Waals surface area contributed by atoms with Gasteiger partial charge >= 0.3 is 6.18 Å². The highest BCUT2D eigenvalue weighted by molar-refractivity contribution is 7.80. The van der Waals surface area contributed by atoms with Gasteiger partial charge in [-0.2, -0.15) is 13.2 Å². The average Bonchev–Trinajstić information content (AvgIpc) is 2.88. The van der Waals surface area contributed by atoms with Crippen molar-refractivity contribution in [1.29, 1.82) is 0 Å². The maximum absolute atomic E-state index is 13.2. The largest absolute Gasteiger partial charge is 0.418 e. The van der Waals surface area contributed by atoms with E-state index in [2.05, 4.69) is 15.2 Å². The Morgan fingerprint density at radius 3 is 2.56 bits per heavy atom. The van der Waals surface area contributed by atoms with Crippen LogP contribution in [0.3, 0.4) is 0 Å². The van der Waals surface area contributed by atoms with Crippen LogP contribution in [0.4, 0.5) is 18.9 Å². The zero-order valence-electron chi connectivity index (χ0n) is 14.7. The fraction of sp³-hybridized carbons (Fsp3) is 0.368. The van der Waals surface area contributed by atoms with Gasteiger partial charge in [0, 0.05) is 38.9 Å². The van der Waals surface area contributed by atoms with E-state index in [9.17, 15) is 13.2 Å². The van der Waals surface area contributed by atoms with Crippen LogP contribution in [0.15, 0.2) is 48.7 Å². The molecule has 8 heteroatoms. The maximum atomic E-state index is 13.2. The lowest BCUT2D eigenvalue weighted by molar-refractivity contribution is -0.136. The Labute approximate surface area is 162 Å². The third kappa shape index (κ3) is 5.40. The first-order chi connectivity index (χ1) is 12.9. The van der Waals surface area contributed by atoms with Crippen LogP contribution in [0.1, 0.15) is 17.7 Å². The average molecular weight is 394 g/mol. The van der Waals surface area contributed by atoms with Crippen molar-refractivity contribution in [2.75, 3.05) is 31.5 Å². The topological polar surface area (TPSA) is 31.4 Å². The Morgan fingerprint density at radius 1 is 1.04 bits per heavy atom. The summed E-state index contributed by atoms with van der Waals surface area (Å²) in [5, 5.41) is 3.11. The van der Waals surface area contributed by atoms with E-state index in [0.717, 1.165) is 37.8 Å². The summed E-state index contributed by atoms with van der Waals surface area (Å²) < 4.78 is 39.5. The standard InChI is InChI=1S/C19H21F3N4S/c20-19(21,22)16-7-1-2-8-17(16)24-18(27)26-11-5-10-25(12-13-26)14-15-6-3-4-9-23-15/h1-4,6-9H,5,10-14H2,(H,24,27). The smallest absolute Gasteiger partial charge is 0.348 e. The SMILES string of the molecule is FC(F)(F)c1ccccc1NC(=S)N1CCCN(Cc2ccccn2)CC1. The Hall–Kier alpha value is -2.19. The first kappa shape index (κ1) is 19.6. The van der Waals surface area contributed by atoms with Crippen molar-refractivity contribution in [3.8, 4) is 0 Å². The minimum absolute atomic E-state index is 0.00964. The number of thiocarbonyl (C=S) groups is 1. The molecule has 1 N–H and O–H groups in total. The third-order valence-corrected chi connectivity index (χ3v) is 4.82. The van der Waals surface area contributed by atoms with E-state index in [4.69, 9.17) is 12.2 Å². The van der Waals surface area contributed by atoms with Crippen molar-refractivity contribution in [2.24, 2.45) is 0 Å². The molecular formula is C19H21F3N4S. The van der Waals surface area contributed by atoms with E-state index in [1.807, 2.05) is 23.1 Å². The second kappa shape index (κ2) is 8.67. The highest BCUT2D eigenvalue weighted by Gasteiger charge is 2.33. The maximum Gasteiger partial charge on any atom is 0.418 e. The Bertz CT molecular complexity index is 767. The number of alkyl halides is 3. The highest BCUT2D eigenvalue weighted by atomic mass is 32.1. The number of anilines is 1. The lowest BCUT2D eigenvalue weighted by Gasteiger charge is -2.25. The minimum Gasteiger partial charge on any atom is -0.348 e. The fourth-order valence-electron chi connectivity index (χ4n) is 3.09. The second-order valence-electron chi connectivity index (χ2n) is 6.41. The lowest BCUT2D eigenvalue weighted by atomic mass is 10.1. The molecule has 0 unspecified atom stereocenters. The molecule has 0 atom stereocenters. The van der Waals surface area contributed by atoms with Crippen LogP contribution in [-0.4, -0.2) is 46.1 Å². The summed E-state index contributed by atoms with van der Waals surface area (Å²) in [7, 11) is 0. The number of nitrogens with one attached hydrogen (secondary N) is 1. The predicted molar refractivity (Wildman–Crippen MR) is 103 cm³/mol. The first-order valence-electron chi connectivity index (χ1n) is 8.78. The zero-order valence-corrected chi connectivity index (χ0v) is 15.6. The molecule has 2 aromatic rings. The Kier molecular flexibility index (Phi) is 6.28. The van der Waals surface area contributed by atoms with Gasteiger partial charge in [-0.1, -0.05) is 18.2 Å². The number of nitrogens with zero attached hydrogens (tertiary/aromatic N) is 3. The summed E-state index contributed by atoms with van der Waals surface area (Å²) in [6.45, 7) is 3.80. The third-order valence-electron chi connectivity index (χ3n) is 4.46. The van der Waals surface area contributed by atoms with Crippen molar-refractivity contribution in [3.05, 3.63) is 59.9 Å². The van der Waals surface area contributed by atoms with Gasteiger partial charge in [-0.15, -0.1) is 0 Å². The first-order valence-corrected chi connectivity index (χ1v) is 9.19. The van der Waals surface area contributed by atoms with Gasteiger partial charge in [-0.25, -0.2) is 0 Å². The van der Waals surface area contributed by atoms with Crippen molar-refractivity contribution in [1.82, 2.24) is 14.8 Å². The van der Waals surface area contributed by atoms with E-state index in [1.165, 1.54) is 12.1 Å². The molecule has 2 heterocycles. The van der Waals surface area contributed by atoms with Crippen molar-refractivity contribution in [2.45, 2.75) is 19.1 Å². The summed E-state index contributed by atoms with van der Waals surface area (Å²) in [6.07, 6.45) is -1.76. The summed E-state index contributed by atoms with van der Waals surface area (Å²) in [4.78, 5) is 8.56. The molecule has 0 radical (unpaired) electrons. The summed E-state index contributed by atoms with van der Waals surface area (Å²) in [5.41, 5.74) is 0.286. The number of para-hydroxylation sites is 1. The molecule has 1 fully saturated rings. The summed E-state index contributed by atoms with van der Waals surface area (Å²) in [6, 6.07) is 11.2. The van der Waals surface area contributed by atoms with Gasteiger partial charge in [-0.3, -0.25) is 9.88 Å². The molecule has 0 aliphatic carbocycles. The number of benzene rings is 1. The Morgan fingerprint density at radius 2 is 1.81 bits per heavy atom. The predicted octanol–water partition coefficient (Wildman–Crippen LogP) is 4.01. The van der Waals surface area contributed by atoms with Crippen molar-refractivity contribution in [3.63, 3.8) is 0 Å². The van der Waals surface area contributed by atoms with Gasteiger partial charge in [0.15, 0.2) is 5.11 Å². The normalized spacial score (nSPS) is 16.0. The fourth-order valence-corrected chi connectivity index (χ4v) is 3.38. The molecule has 1 aliphatic heterocycles. The van der Waals surface area contributed by atoms with E-state index < -0.39 is 11.7 Å². The van der Waals surface area contributed by atoms with Crippen LogP contribution < -0.4 is 5.32 Å². The number of aromatic nitrogens is 1. The molecule has 0 saturated carbocycles. The van der Waals surface area contributed by atoms with Crippen molar-refractivity contribution < 1.29 is 13.2 Å². The number of halogens is 3. The number of hydrogen-bond donors (Lipinski definition) is 1. The molecule has 144 valence electrons. The van der Waals surface area contributed by atoms with Crippen LogP contribution in [0.25, 0.3) is 0 Å². The molecule has 0 amide bonds. The summed E-state index contributed by atoms with van der Waals surface area (Å²) >= 11 is 5.38. The second-order valence-corrected chi connectivity index (χ2v) is 6.80. The van der Waals surface area contributed by atoms with Crippen molar-refractivity contribution >= 4 is 23.0 Å². The van der Waals surface area contributed by atoms with Crippen LogP contribution in [0.2, 0.25) is 0 Å². The molecule has 1 aliphatic rings. The number of hydrogen-bond acceptors (Lipinski definition) is 3. The van der Waals surface area contributed by atoms with E-state index in [0.29, 0.717) is 18.2 Å². The van der Waals surface area contributed by atoms with Gasteiger partial charge in [0.1, 0.15) is 0 Å². The minimum atomic E-state index is -4.42. The van der Waals surface area contributed by atoms with Gasteiger partial charge in [0.05, 0.1) is 16.9 Å². The van der Waals surface area contributed by atoms with Gasteiger partial charge in [0.2, 0.25) is 0 Å². The molecule has 1 aromatic heterocycles. The van der Waals surface area contributed by atoms with Gasteiger partial charge in [-0.05, 0) is 42.9 Å². The molecule has 3 rings (SSSR count). The van der Waals surface area contributed by atoms with Gasteiger partial charge < -0.3 is 10.2 Å². The zero-order chi connectivity index (χ0) is 19.3. The van der Waals surface area contributed by atoms with Crippen LogP contribution in [0.5, 0.6) is 0 Å². The van der Waals surface area contributed by atoms with E-state index in [1.54, 1.807) is 12.3 Å². The number of rotatable bonds is 3. The monoisotopic (exact) mass is 394 g/mol. The quantitative estimate of drug-likeness (QED) is 0.796. The molecule has 1 aromatic carbocycles. The molecule has 4 nitrogen and oxygen atoms in total. The Balaban J connectivity index is 1.60. The van der Waals surface area contributed by atoms with E-state index >= 15 is 0 Å². The molecular weight excluding hydrogens is 373 g/mol. The summed E-state index contributed by atoms with van der Waals surface area (Å²) in [5.74, 6) is 0.